The van der Waals surface area contributed by atoms with Crippen LogP contribution in [0.1, 0.15) is 38.2 Å². The van der Waals surface area contributed by atoms with Gasteiger partial charge in [0.1, 0.15) is 11.4 Å². The van der Waals surface area contributed by atoms with Crippen molar-refractivity contribution < 1.29 is 4.74 Å². The Labute approximate surface area is 91.5 Å². The van der Waals surface area contributed by atoms with Crippen LogP contribution < -0.4 is 4.74 Å². The zero-order chi connectivity index (χ0) is 10.3. The Kier molecular flexibility index (Phi) is 2.01. The number of fused-ring (bicyclic) bond motifs is 2. The summed E-state index contributed by atoms with van der Waals surface area (Å²) >= 11 is 0. The molecule has 0 radical (unpaired) electrons. The van der Waals surface area contributed by atoms with Gasteiger partial charge in [0.2, 0.25) is 0 Å². The first-order valence-electron chi connectivity index (χ1n) is 6.05. The highest BCUT2D eigenvalue weighted by Crippen LogP contribution is 2.44. The monoisotopic (exact) mass is 202 g/mol. The van der Waals surface area contributed by atoms with Gasteiger partial charge in [-0.2, -0.15) is 0 Å². The number of rotatable bonds is 0. The van der Waals surface area contributed by atoms with Gasteiger partial charge in [0.05, 0.1) is 0 Å². The third-order valence-electron chi connectivity index (χ3n) is 4.12. The number of hydrogen-bond acceptors (Lipinski definition) is 1. The number of ether oxygens (including phenoxy) is 1. The standard InChI is InChI=1S/C14H18O/c1-14-9-5-4-7-12(14)10-11-6-2-3-8-13(11)15-14/h2-3,6,8,12H,4-5,7,9-10H2,1H3. The van der Waals surface area contributed by atoms with E-state index in [4.69, 9.17) is 4.74 Å². The summed E-state index contributed by atoms with van der Waals surface area (Å²) in [5.74, 6) is 1.86. The Balaban J connectivity index is 1.98. The van der Waals surface area contributed by atoms with Crippen molar-refractivity contribution in [2.75, 3.05) is 0 Å². The van der Waals surface area contributed by atoms with Crippen molar-refractivity contribution in [1.29, 1.82) is 0 Å². The Morgan fingerprint density at radius 1 is 1.27 bits per heavy atom. The maximum absolute atomic E-state index is 6.22. The van der Waals surface area contributed by atoms with E-state index in [0.717, 1.165) is 11.7 Å². The SMILES string of the molecule is CC12CCCCC1Cc1ccccc1O2. The van der Waals surface area contributed by atoms with E-state index in [1.54, 1.807) is 0 Å². The van der Waals surface area contributed by atoms with Crippen LogP contribution >= 0.6 is 0 Å². The molecule has 1 aliphatic carbocycles. The van der Waals surface area contributed by atoms with E-state index in [1.165, 1.54) is 37.7 Å². The van der Waals surface area contributed by atoms with Gasteiger partial charge in [-0.15, -0.1) is 0 Å². The van der Waals surface area contributed by atoms with Crippen molar-refractivity contribution in [2.45, 2.75) is 44.6 Å². The van der Waals surface area contributed by atoms with Crippen LogP contribution in [0.25, 0.3) is 0 Å². The first-order chi connectivity index (χ1) is 7.28. The molecule has 0 bridgehead atoms. The molecule has 0 saturated heterocycles. The molecule has 2 aliphatic rings. The molecule has 1 fully saturated rings. The molecule has 3 rings (SSSR count). The summed E-state index contributed by atoms with van der Waals surface area (Å²) in [5.41, 5.74) is 1.52. The molecule has 1 heterocycles. The molecule has 1 aromatic carbocycles. The summed E-state index contributed by atoms with van der Waals surface area (Å²) in [6.45, 7) is 2.30. The summed E-state index contributed by atoms with van der Waals surface area (Å²) in [6, 6.07) is 8.52. The Bertz CT molecular complexity index is 371. The Morgan fingerprint density at radius 3 is 3.07 bits per heavy atom. The highest BCUT2D eigenvalue weighted by molar-refractivity contribution is 5.36. The lowest BCUT2D eigenvalue weighted by atomic mass is 9.72. The molecule has 0 aromatic heterocycles. The minimum atomic E-state index is 0.118. The summed E-state index contributed by atoms with van der Waals surface area (Å²) in [4.78, 5) is 0. The van der Waals surface area contributed by atoms with Gasteiger partial charge in [0, 0.05) is 5.92 Å². The highest BCUT2D eigenvalue weighted by atomic mass is 16.5. The van der Waals surface area contributed by atoms with Crippen molar-refractivity contribution in [3.63, 3.8) is 0 Å². The first kappa shape index (κ1) is 9.26. The molecule has 1 aromatic rings. The average molecular weight is 202 g/mol. The molecule has 15 heavy (non-hydrogen) atoms. The van der Waals surface area contributed by atoms with Gasteiger partial charge in [0.25, 0.3) is 0 Å². The quantitative estimate of drug-likeness (QED) is 0.625. The van der Waals surface area contributed by atoms with Gasteiger partial charge in [0.15, 0.2) is 0 Å². The van der Waals surface area contributed by atoms with E-state index in [9.17, 15) is 0 Å². The van der Waals surface area contributed by atoms with Crippen LogP contribution in [0, 0.1) is 5.92 Å². The summed E-state index contributed by atoms with van der Waals surface area (Å²) < 4.78 is 6.22. The lowest BCUT2D eigenvalue weighted by molar-refractivity contribution is -0.0215. The third-order valence-corrected chi connectivity index (χ3v) is 4.12. The highest BCUT2D eigenvalue weighted by Gasteiger charge is 2.41. The van der Waals surface area contributed by atoms with E-state index < -0.39 is 0 Å². The van der Waals surface area contributed by atoms with Gasteiger partial charge in [-0.05, 0) is 44.2 Å². The maximum Gasteiger partial charge on any atom is 0.123 e. The molecule has 2 atom stereocenters. The second-order valence-corrected chi connectivity index (χ2v) is 5.17. The minimum absolute atomic E-state index is 0.118. The van der Waals surface area contributed by atoms with Crippen LogP contribution in [0.5, 0.6) is 5.75 Å². The van der Waals surface area contributed by atoms with Crippen LogP contribution in [-0.2, 0) is 6.42 Å². The van der Waals surface area contributed by atoms with Gasteiger partial charge in [-0.25, -0.2) is 0 Å². The van der Waals surface area contributed by atoms with E-state index in [2.05, 4.69) is 31.2 Å². The Hall–Kier alpha value is -0.980. The van der Waals surface area contributed by atoms with E-state index >= 15 is 0 Å². The van der Waals surface area contributed by atoms with Gasteiger partial charge in [-0.3, -0.25) is 0 Å². The van der Waals surface area contributed by atoms with Crippen molar-refractivity contribution in [3.8, 4) is 5.75 Å². The largest absolute Gasteiger partial charge is 0.487 e. The van der Waals surface area contributed by atoms with Crippen molar-refractivity contribution in [1.82, 2.24) is 0 Å². The summed E-state index contributed by atoms with van der Waals surface area (Å²) in [6.07, 6.45) is 6.49. The first-order valence-corrected chi connectivity index (χ1v) is 6.05. The molecule has 0 N–H and O–H groups in total. The predicted molar refractivity (Wildman–Crippen MR) is 61.1 cm³/mol. The number of para-hydroxylation sites is 1. The molecule has 0 amide bonds. The molecule has 80 valence electrons. The fourth-order valence-corrected chi connectivity index (χ4v) is 3.12. The summed E-state index contributed by atoms with van der Waals surface area (Å²) in [5, 5.41) is 0. The van der Waals surface area contributed by atoms with Gasteiger partial charge in [-0.1, -0.05) is 24.6 Å². The minimum Gasteiger partial charge on any atom is -0.487 e. The molecule has 2 unspecified atom stereocenters. The second kappa shape index (κ2) is 3.26. The smallest absolute Gasteiger partial charge is 0.123 e. The predicted octanol–water partition coefficient (Wildman–Crippen LogP) is 3.57. The molecular formula is C14H18O. The average Bonchev–Trinajstić information content (AvgIpc) is 2.25. The van der Waals surface area contributed by atoms with Crippen LogP contribution in [0.3, 0.4) is 0 Å². The zero-order valence-electron chi connectivity index (χ0n) is 9.33. The van der Waals surface area contributed by atoms with E-state index in [1.807, 2.05) is 0 Å². The van der Waals surface area contributed by atoms with E-state index in [-0.39, 0.29) is 5.60 Å². The van der Waals surface area contributed by atoms with E-state index in [0.29, 0.717) is 0 Å². The van der Waals surface area contributed by atoms with Crippen LogP contribution in [0.15, 0.2) is 24.3 Å². The third kappa shape index (κ3) is 1.45. The molecular weight excluding hydrogens is 184 g/mol. The van der Waals surface area contributed by atoms with Crippen molar-refractivity contribution in [2.24, 2.45) is 5.92 Å². The lowest BCUT2D eigenvalue weighted by Crippen LogP contribution is -2.46. The van der Waals surface area contributed by atoms with Crippen LogP contribution in [-0.4, -0.2) is 5.60 Å². The van der Waals surface area contributed by atoms with Gasteiger partial charge >= 0.3 is 0 Å². The van der Waals surface area contributed by atoms with Crippen LogP contribution in [0.2, 0.25) is 0 Å². The van der Waals surface area contributed by atoms with Crippen LogP contribution in [0.4, 0.5) is 0 Å². The topological polar surface area (TPSA) is 9.23 Å². The molecule has 0 spiro atoms. The normalized spacial score (nSPS) is 33.8. The Morgan fingerprint density at radius 2 is 2.13 bits per heavy atom. The molecule has 1 nitrogen and oxygen atoms in total. The molecule has 1 aliphatic heterocycles. The number of hydrogen-bond donors (Lipinski definition) is 0. The van der Waals surface area contributed by atoms with Gasteiger partial charge < -0.3 is 4.74 Å². The fraction of sp³-hybridized carbons (Fsp3) is 0.571. The van der Waals surface area contributed by atoms with Crippen molar-refractivity contribution >= 4 is 0 Å². The fourth-order valence-electron chi connectivity index (χ4n) is 3.12. The van der Waals surface area contributed by atoms with Crippen molar-refractivity contribution in [3.05, 3.63) is 29.8 Å². The second-order valence-electron chi connectivity index (χ2n) is 5.17. The molecule has 1 heteroatoms. The lowest BCUT2D eigenvalue weighted by Gasteiger charge is -2.45. The summed E-state index contributed by atoms with van der Waals surface area (Å²) in [7, 11) is 0. The molecule has 1 saturated carbocycles. The number of benzene rings is 1. The maximum atomic E-state index is 6.22. The zero-order valence-corrected chi connectivity index (χ0v) is 9.33.